The van der Waals surface area contributed by atoms with E-state index in [1.54, 1.807) is 0 Å². The molecule has 0 aliphatic heterocycles. The number of nitrogens with zero attached hydrogens (tertiary/aromatic N) is 3. The predicted molar refractivity (Wildman–Crippen MR) is 309 cm³/mol. The molecule has 12 rings (SSSR count). The van der Waals surface area contributed by atoms with Crippen molar-refractivity contribution in [3.8, 4) is 33.8 Å². The van der Waals surface area contributed by atoms with Crippen LogP contribution in [0.5, 0.6) is 0 Å². The minimum Gasteiger partial charge on any atom is -0.305 e. The Labute approximate surface area is 435 Å². The summed E-state index contributed by atoms with van der Waals surface area (Å²) in [6.07, 6.45) is 5.95. The van der Waals surface area contributed by atoms with Gasteiger partial charge >= 0.3 is 0 Å². The molecule has 0 aliphatic rings. The molecule has 71 heavy (non-hydrogen) atoms. The van der Waals surface area contributed by atoms with Crippen LogP contribution in [0.1, 0.15) is 13.0 Å². The number of hydrogen-bond donors (Lipinski definition) is 0. The zero-order valence-electron chi connectivity index (χ0n) is 40.8. The summed E-state index contributed by atoms with van der Waals surface area (Å²) in [5.74, 6) is 0. The third kappa shape index (κ3) is 10.6. The van der Waals surface area contributed by atoms with Gasteiger partial charge < -0.3 is 9.97 Å². The van der Waals surface area contributed by atoms with Crippen molar-refractivity contribution in [3.63, 3.8) is 0 Å². The third-order valence-electron chi connectivity index (χ3n) is 13.2. The molecule has 0 saturated heterocycles. The number of fused-ring (bicyclic) bond motifs is 12. The van der Waals surface area contributed by atoms with Crippen LogP contribution in [0, 0.1) is 19.1 Å². The Balaban J connectivity index is 0.000000150. The van der Waals surface area contributed by atoms with Crippen LogP contribution < -0.4 is 10.4 Å². The second-order valence-corrected chi connectivity index (χ2v) is 30.1. The number of aryl methyl sites for hydroxylation is 1. The second-order valence-electron chi connectivity index (χ2n) is 20.0. The monoisotopic (exact) mass is 1130 g/mol. The standard InChI is InChI=1S/C26H23NSi.C26H22NSi.C12H10N.CH4.Ir/c2*1-28(2,3)19-13-15-26(27-17-19)18-12-14-24-22-10-5-4-8-20(22)21-9-6-7-11-23(21)25(24)16-18;1-10-7-8-13-12(9-10)11-5-3-2-4-6-11;;/h4-17H,1-3H3;4-11,13-17H,1-3H3;2-5,7-9H,1H3;1H4;/q;2*-1;;. The van der Waals surface area contributed by atoms with Crippen LogP contribution in [0.15, 0.2) is 207 Å². The van der Waals surface area contributed by atoms with Crippen molar-refractivity contribution in [2.45, 2.75) is 53.6 Å². The van der Waals surface area contributed by atoms with Crippen molar-refractivity contribution in [2.75, 3.05) is 0 Å². The van der Waals surface area contributed by atoms with Crippen LogP contribution >= 0.6 is 0 Å². The first-order chi connectivity index (χ1) is 33.4. The molecule has 0 unspecified atom stereocenters. The molecule has 0 N–H and O–H groups in total. The van der Waals surface area contributed by atoms with E-state index in [0.29, 0.717) is 0 Å². The Kier molecular flexibility index (Phi) is 15.1. The topological polar surface area (TPSA) is 38.7 Å². The van der Waals surface area contributed by atoms with Gasteiger partial charge in [0.2, 0.25) is 0 Å². The van der Waals surface area contributed by atoms with Crippen LogP contribution in [-0.4, -0.2) is 31.1 Å². The molecule has 12 aromatic rings. The molecule has 3 heterocycles. The Morgan fingerprint density at radius 2 is 0.817 bits per heavy atom. The molecular weight excluding hydrogens is 1070 g/mol. The van der Waals surface area contributed by atoms with Gasteiger partial charge in [0, 0.05) is 44.3 Å². The average molecular weight is 1130 g/mol. The smallest absolute Gasteiger partial charge is 0.0796 e. The molecule has 0 amide bonds. The van der Waals surface area contributed by atoms with Crippen molar-refractivity contribution in [1.29, 1.82) is 0 Å². The summed E-state index contributed by atoms with van der Waals surface area (Å²) in [6.45, 7) is 16.2. The van der Waals surface area contributed by atoms with Crippen LogP contribution in [0.3, 0.4) is 0 Å². The van der Waals surface area contributed by atoms with E-state index in [9.17, 15) is 0 Å². The van der Waals surface area contributed by atoms with E-state index in [-0.39, 0.29) is 27.5 Å². The van der Waals surface area contributed by atoms with E-state index in [0.717, 1.165) is 28.2 Å². The molecule has 0 fully saturated rings. The summed E-state index contributed by atoms with van der Waals surface area (Å²) in [5.41, 5.74) is 7.52. The fourth-order valence-corrected chi connectivity index (χ4v) is 11.4. The van der Waals surface area contributed by atoms with Gasteiger partial charge in [0.25, 0.3) is 0 Å². The Morgan fingerprint density at radius 1 is 0.366 bits per heavy atom. The van der Waals surface area contributed by atoms with Crippen molar-refractivity contribution in [1.82, 2.24) is 15.0 Å². The Bertz CT molecular complexity index is 3520. The molecule has 6 heteroatoms. The van der Waals surface area contributed by atoms with E-state index in [1.807, 2.05) is 36.5 Å². The van der Waals surface area contributed by atoms with Crippen LogP contribution in [0.25, 0.3) is 98.4 Å². The minimum absolute atomic E-state index is 0. The summed E-state index contributed by atoms with van der Waals surface area (Å²) < 4.78 is 0. The Hall–Kier alpha value is -6.93. The van der Waals surface area contributed by atoms with Crippen molar-refractivity contribution in [2.24, 2.45) is 0 Å². The molecule has 0 saturated carbocycles. The van der Waals surface area contributed by atoms with Crippen LogP contribution in [0.2, 0.25) is 39.3 Å². The van der Waals surface area contributed by atoms with E-state index in [4.69, 9.17) is 9.97 Å². The van der Waals surface area contributed by atoms with Crippen LogP contribution in [-0.2, 0) is 20.1 Å². The fraction of sp³-hybridized carbons (Fsp3) is 0.123. The number of aromatic nitrogens is 3. The summed E-state index contributed by atoms with van der Waals surface area (Å²) >= 11 is 0. The zero-order valence-corrected chi connectivity index (χ0v) is 45.2. The molecule has 353 valence electrons. The normalized spacial score (nSPS) is 11.4. The maximum atomic E-state index is 4.80. The first-order valence-corrected chi connectivity index (χ1v) is 30.8. The first kappa shape index (κ1) is 50.5. The molecule has 0 spiro atoms. The maximum absolute atomic E-state index is 4.80. The SMILES string of the molecule is C.C[Si](C)(C)c1ccc(-c2[c-]cc3c4ccccc4c4ccccc4c3c2)nc1.C[Si](C)(C)c1ccc(-c2ccc3c4ccccc4c4ccccc4c3c2)nc1.Cc1ccnc(-c2[c-]cccc2)c1.[Ir]. The molecule has 3 aromatic heterocycles. The number of rotatable bonds is 5. The summed E-state index contributed by atoms with van der Waals surface area (Å²) in [7, 11) is -2.67. The van der Waals surface area contributed by atoms with E-state index >= 15 is 0 Å². The molecule has 0 atom stereocenters. The molecular formula is C65H59IrN3Si2-2. The van der Waals surface area contributed by atoms with Crippen molar-refractivity contribution < 1.29 is 20.1 Å². The third-order valence-corrected chi connectivity index (χ3v) is 17.2. The van der Waals surface area contributed by atoms with E-state index in [2.05, 4.69) is 233 Å². The van der Waals surface area contributed by atoms with Gasteiger partial charge in [-0.2, -0.15) is 0 Å². The van der Waals surface area contributed by atoms with Crippen molar-refractivity contribution in [3.05, 3.63) is 224 Å². The largest absolute Gasteiger partial charge is 0.305 e. The second kappa shape index (κ2) is 21.2. The van der Waals surface area contributed by atoms with Crippen molar-refractivity contribution >= 4 is 91.2 Å². The zero-order chi connectivity index (χ0) is 47.7. The molecule has 3 nitrogen and oxygen atoms in total. The number of pyridine rings is 3. The van der Waals surface area contributed by atoms with Gasteiger partial charge in [-0.15, -0.1) is 59.7 Å². The van der Waals surface area contributed by atoms with Gasteiger partial charge in [0.15, 0.2) is 0 Å². The van der Waals surface area contributed by atoms with Gasteiger partial charge in [0.1, 0.15) is 0 Å². The van der Waals surface area contributed by atoms with Gasteiger partial charge in [-0.25, -0.2) is 0 Å². The fourth-order valence-electron chi connectivity index (χ4n) is 9.30. The first-order valence-electron chi connectivity index (χ1n) is 23.8. The average Bonchev–Trinajstić information content (AvgIpc) is 3.39. The van der Waals surface area contributed by atoms with Gasteiger partial charge in [-0.3, -0.25) is 4.98 Å². The summed E-state index contributed by atoms with van der Waals surface area (Å²) in [6, 6.07) is 73.3. The number of hydrogen-bond acceptors (Lipinski definition) is 3. The van der Waals surface area contributed by atoms with E-state index in [1.165, 1.54) is 86.1 Å². The summed E-state index contributed by atoms with van der Waals surface area (Å²) in [4.78, 5) is 13.8. The van der Waals surface area contributed by atoms with Gasteiger partial charge in [-0.1, -0.05) is 202 Å². The predicted octanol–water partition coefficient (Wildman–Crippen LogP) is 16.8. The summed E-state index contributed by atoms with van der Waals surface area (Å²) in [5, 5.41) is 18.3. The molecule has 0 aliphatic carbocycles. The van der Waals surface area contributed by atoms with E-state index < -0.39 is 16.1 Å². The Morgan fingerprint density at radius 3 is 1.27 bits per heavy atom. The molecule has 9 aromatic carbocycles. The van der Waals surface area contributed by atoms with Gasteiger partial charge in [0.05, 0.1) is 21.8 Å². The molecule has 1 radical (unpaired) electrons. The van der Waals surface area contributed by atoms with Gasteiger partial charge in [-0.05, 0) is 95.4 Å². The van der Waals surface area contributed by atoms with Crippen LogP contribution in [0.4, 0.5) is 0 Å². The maximum Gasteiger partial charge on any atom is 0.0796 e. The quantitative estimate of drug-likeness (QED) is 0.0979. The number of benzene rings is 9. The minimum atomic E-state index is -1.34. The molecule has 0 bridgehead atoms.